The zero-order chi connectivity index (χ0) is 15.0. The molecule has 0 spiro atoms. The topological polar surface area (TPSA) is 66.4 Å². The number of aromatic hydroxyl groups is 1. The van der Waals surface area contributed by atoms with E-state index in [9.17, 15) is 13.5 Å². The average molecular weight is 305 g/mol. The molecule has 0 aromatic heterocycles. The number of rotatable bonds is 3. The van der Waals surface area contributed by atoms with E-state index >= 15 is 0 Å². The first kappa shape index (κ1) is 14.2. The average Bonchev–Trinajstić information content (AvgIpc) is 2.88. The van der Waals surface area contributed by atoms with Gasteiger partial charge in [-0.25, -0.2) is 8.42 Å². The van der Waals surface area contributed by atoms with Crippen LogP contribution in [0.2, 0.25) is 0 Å². The fraction of sp³-hybridized carbons (Fsp3) is 0.375. The van der Waals surface area contributed by atoms with Crippen molar-refractivity contribution >= 4 is 26.3 Å². The van der Waals surface area contributed by atoms with Crippen molar-refractivity contribution in [1.82, 2.24) is 0 Å². The summed E-state index contributed by atoms with van der Waals surface area (Å²) in [5.74, 6) is 0.238. The molecule has 4 nitrogen and oxygen atoms in total. The molecule has 3 rings (SSSR count). The number of hydrogen-bond acceptors (Lipinski definition) is 4. The van der Waals surface area contributed by atoms with Crippen LogP contribution in [-0.4, -0.2) is 31.1 Å². The molecule has 0 aliphatic heterocycles. The van der Waals surface area contributed by atoms with E-state index in [0.717, 1.165) is 29.3 Å². The van der Waals surface area contributed by atoms with Crippen LogP contribution in [0.4, 0.5) is 5.69 Å². The number of sulfone groups is 1. The monoisotopic (exact) mass is 305 g/mol. The van der Waals surface area contributed by atoms with E-state index < -0.39 is 9.84 Å². The first-order chi connectivity index (χ1) is 9.97. The second-order valence-corrected chi connectivity index (χ2v) is 7.99. The lowest BCUT2D eigenvalue weighted by molar-refractivity contribution is 0.481. The van der Waals surface area contributed by atoms with Gasteiger partial charge in [-0.05, 0) is 31.4 Å². The third-order valence-electron chi connectivity index (χ3n) is 4.24. The van der Waals surface area contributed by atoms with E-state index in [1.54, 1.807) is 12.1 Å². The van der Waals surface area contributed by atoms with E-state index in [1.807, 2.05) is 24.3 Å². The molecule has 2 aromatic rings. The summed E-state index contributed by atoms with van der Waals surface area (Å²) in [7, 11) is -3.05. The molecule has 0 saturated heterocycles. The van der Waals surface area contributed by atoms with Crippen molar-refractivity contribution in [3.05, 3.63) is 36.4 Å². The summed E-state index contributed by atoms with van der Waals surface area (Å²) < 4.78 is 23.7. The van der Waals surface area contributed by atoms with Crippen LogP contribution in [0.25, 0.3) is 10.8 Å². The molecule has 5 heteroatoms. The van der Waals surface area contributed by atoms with Gasteiger partial charge in [0.05, 0.1) is 5.25 Å². The number of hydrogen-bond donors (Lipinski definition) is 2. The van der Waals surface area contributed by atoms with Gasteiger partial charge in [0.2, 0.25) is 0 Å². The Kier molecular flexibility index (Phi) is 3.53. The predicted molar refractivity (Wildman–Crippen MR) is 85.5 cm³/mol. The Morgan fingerprint density at radius 1 is 1.10 bits per heavy atom. The zero-order valence-electron chi connectivity index (χ0n) is 11.9. The van der Waals surface area contributed by atoms with Crippen molar-refractivity contribution in [1.29, 1.82) is 0 Å². The molecule has 2 atom stereocenters. The minimum atomic E-state index is -3.05. The number of phenolic OH excluding ortho intramolecular Hbond substituents is 1. The standard InChI is InChI=1S/C16H19NO3S/c1-21(19,20)16-10-4-8-14(16)17-13-7-2-6-12-11(13)5-3-9-15(12)18/h2-3,5-7,9,14,16-18H,4,8,10H2,1H3. The van der Waals surface area contributed by atoms with Gasteiger partial charge in [-0.3, -0.25) is 0 Å². The summed E-state index contributed by atoms with van der Waals surface area (Å²) in [6, 6.07) is 11.0. The van der Waals surface area contributed by atoms with Crippen LogP contribution in [0.3, 0.4) is 0 Å². The molecule has 0 radical (unpaired) electrons. The quantitative estimate of drug-likeness (QED) is 0.915. The summed E-state index contributed by atoms with van der Waals surface area (Å²) in [5, 5.41) is 14.7. The lowest BCUT2D eigenvalue weighted by Crippen LogP contribution is -2.34. The molecule has 112 valence electrons. The Morgan fingerprint density at radius 3 is 2.57 bits per heavy atom. The van der Waals surface area contributed by atoms with Gasteiger partial charge < -0.3 is 10.4 Å². The fourth-order valence-electron chi connectivity index (χ4n) is 3.22. The molecule has 1 aliphatic carbocycles. The van der Waals surface area contributed by atoms with Gasteiger partial charge in [0.15, 0.2) is 9.84 Å². The SMILES string of the molecule is CS(=O)(=O)C1CCCC1Nc1cccc2c(O)cccc12. The van der Waals surface area contributed by atoms with E-state index in [2.05, 4.69) is 5.32 Å². The number of fused-ring (bicyclic) bond motifs is 1. The predicted octanol–water partition coefficient (Wildman–Crippen LogP) is 2.92. The molecule has 0 heterocycles. The van der Waals surface area contributed by atoms with E-state index in [0.29, 0.717) is 6.42 Å². The van der Waals surface area contributed by atoms with E-state index in [4.69, 9.17) is 0 Å². The first-order valence-electron chi connectivity index (χ1n) is 7.13. The second kappa shape index (κ2) is 5.22. The minimum Gasteiger partial charge on any atom is -0.507 e. The molecule has 1 aliphatic rings. The third kappa shape index (κ3) is 2.70. The van der Waals surface area contributed by atoms with Gasteiger partial charge in [-0.2, -0.15) is 0 Å². The van der Waals surface area contributed by atoms with Crippen molar-refractivity contribution < 1.29 is 13.5 Å². The Morgan fingerprint density at radius 2 is 1.81 bits per heavy atom. The van der Waals surface area contributed by atoms with Gasteiger partial charge in [-0.15, -0.1) is 0 Å². The van der Waals surface area contributed by atoms with Crippen molar-refractivity contribution in [2.45, 2.75) is 30.6 Å². The van der Waals surface area contributed by atoms with Crippen LogP contribution in [0.5, 0.6) is 5.75 Å². The van der Waals surface area contributed by atoms with Gasteiger partial charge in [0.25, 0.3) is 0 Å². The van der Waals surface area contributed by atoms with E-state index in [-0.39, 0.29) is 17.0 Å². The summed E-state index contributed by atoms with van der Waals surface area (Å²) in [6.45, 7) is 0. The maximum absolute atomic E-state index is 11.9. The summed E-state index contributed by atoms with van der Waals surface area (Å²) in [4.78, 5) is 0. The third-order valence-corrected chi connectivity index (χ3v) is 5.91. The molecule has 0 bridgehead atoms. The van der Waals surface area contributed by atoms with Crippen molar-refractivity contribution in [2.24, 2.45) is 0 Å². The Hall–Kier alpha value is -1.75. The number of phenols is 1. The Labute approximate surface area is 124 Å². The lowest BCUT2D eigenvalue weighted by Gasteiger charge is -2.21. The maximum Gasteiger partial charge on any atom is 0.152 e. The van der Waals surface area contributed by atoms with Crippen LogP contribution in [0, 0.1) is 0 Å². The first-order valence-corrected chi connectivity index (χ1v) is 9.08. The highest BCUT2D eigenvalue weighted by Crippen LogP contribution is 2.33. The molecule has 1 saturated carbocycles. The highest BCUT2D eigenvalue weighted by atomic mass is 32.2. The minimum absolute atomic E-state index is 0.0621. The summed E-state index contributed by atoms with van der Waals surface area (Å²) in [6.07, 6.45) is 3.80. The highest BCUT2D eigenvalue weighted by molar-refractivity contribution is 7.91. The smallest absolute Gasteiger partial charge is 0.152 e. The van der Waals surface area contributed by atoms with Crippen LogP contribution in [0.15, 0.2) is 36.4 Å². The normalized spacial score (nSPS) is 22.5. The van der Waals surface area contributed by atoms with Gasteiger partial charge in [0, 0.05) is 28.8 Å². The molecular formula is C16H19NO3S. The van der Waals surface area contributed by atoms with Crippen molar-refractivity contribution in [3.8, 4) is 5.75 Å². The zero-order valence-corrected chi connectivity index (χ0v) is 12.7. The van der Waals surface area contributed by atoms with E-state index in [1.165, 1.54) is 6.26 Å². The maximum atomic E-state index is 11.9. The van der Waals surface area contributed by atoms with Crippen LogP contribution in [-0.2, 0) is 9.84 Å². The van der Waals surface area contributed by atoms with Gasteiger partial charge in [-0.1, -0.05) is 24.3 Å². The van der Waals surface area contributed by atoms with Gasteiger partial charge >= 0.3 is 0 Å². The Balaban J connectivity index is 1.97. The molecule has 2 N–H and O–H groups in total. The Bertz CT molecular complexity index is 770. The van der Waals surface area contributed by atoms with Crippen molar-refractivity contribution in [2.75, 3.05) is 11.6 Å². The molecule has 0 amide bonds. The molecule has 21 heavy (non-hydrogen) atoms. The molecule has 2 unspecified atom stereocenters. The molecule has 1 fully saturated rings. The second-order valence-electron chi connectivity index (χ2n) is 5.73. The number of anilines is 1. The van der Waals surface area contributed by atoms with Crippen LogP contribution >= 0.6 is 0 Å². The largest absolute Gasteiger partial charge is 0.507 e. The molecule has 2 aromatic carbocycles. The highest BCUT2D eigenvalue weighted by Gasteiger charge is 2.34. The van der Waals surface area contributed by atoms with Crippen LogP contribution in [0.1, 0.15) is 19.3 Å². The summed E-state index contributed by atoms with van der Waals surface area (Å²) >= 11 is 0. The number of nitrogens with one attached hydrogen (secondary N) is 1. The van der Waals surface area contributed by atoms with Crippen molar-refractivity contribution in [3.63, 3.8) is 0 Å². The summed E-state index contributed by atoms with van der Waals surface area (Å²) in [5.41, 5.74) is 0.879. The van der Waals surface area contributed by atoms with Crippen LogP contribution < -0.4 is 5.32 Å². The lowest BCUT2D eigenvalue weighted by atomic mass is 10.1. The number of benzene rings is 2. The van der Waals surface area contributed by atoms with Gasteiger partial charge in [0.1, 0.15) is 5.75 Å². The fourth-order valence-corrected chi connectivity index (χ4v) is 4.62. The molecular weight excluding hydrogens is 286 g/mol.